The Hall–Kier alpha value is -2.31. The molecule has 0 N–H and O–H groups in total. The predicted octanol–water partition coefficient (Wildman–Crippen LogP) is 4.89. The van der Waals surface area contributed by atoms with Crippen molar-refractivity contribution < 1.29 is 14.6 Å². The number of allylic oxidation sites excluding steroid dienone is 6. The van der Waals surface area contributed by atoms with Crippen molar-refractivity contribution in [2.24, 2.45) is 0 Å². The normalized spacial score (nSPS) is 12.5. The van der Waals surface area contributed by atoms with Crippen molar-refractivity contribution in [2.45, 2.75) is 71.1 Å². The molecule has 1 radical (unpaired) electrons. The molecule has 0 atom stereocenters. The van der Waals surface area contributed by atoms with Crippen LogP contribution in [0.1, 0.15) is 71.1 Å². The lowest BCUT2D eigenvalue weighted by Gasteiger charge is -2.00. The van der Waals surface area contributed by atoms with Gasteiger partial charge >= 0.3 is 0 Å². The first-order chi connectivity index (χ1) is 12.0. The Morgan fingerprint density at radius 1 is 0.880 bits per heavy atom. The summed E-state index contributed by atoms with van der Waals surface area (Å²) in [6.07, 6.45) is 15.1. The smallest absolute Gasteiger partial charge is 0.242 e. The fourth-order valence-electron chi connectivity index (χ4n) is 2.25. The standard InChI is InChI=1S/C18H27N2O5/c1-2-17(19(22)23)13-9-6-7-11-15-18(20(24)25)14-10-5-3-4-8-12-16-21/h6-7,13,15H,2-5,8-12,14H2,1H3/b7-6-,17-13+,18-15+. The molecule has 25 heavy (non-hydrogen) atoms. The van der Waals surface area contributed by atoms with Gasteiger partial charge in [-0.05, 0) is 37.8 Å². The monoisotopic (exact) mass is 351 g/mol. The number of hydrogen-bond donors (Lipinski definition) is 0. The summed E-state index contributed by atoms with van der Waals surface area (Å²) in [5, 5.41) is 21.6. The Labute approximate surface area is 148 Å². The van der Waals surface area contributed by atoms with Gasteiger partial charge in [0.05, 0.1) is 9.85 Å². The van der Waals surface area contributed by atoms with Crippen molar-refractivity contribution in [1.82, 2.24) is 0 Å². The number of carbonyl (C=O) groups excluding carboxylic acids is 1. The molecular formula is C18H27N2O5. The van der Waals surface area contributed by atoms with Crippen LogP contribution in [-0.2, 0) is 4.79 Å². The highest BCUT2D eigenvalue weighted by Crippen LogP contribution is 2.13. The quantitative estimate of drug-likeness (QED) is 0.181. The first-order valence-corrected chi connectivity index (χ1v) is 8.69. The third kappa shape index (κ3) is 12.7. The molecule has 0 rings (SSSR count). The number of unbranched alkanes of at least 4 members (excludes halogenated alkanes) is 5. The van der Waals surface area contributed by atoms with E-state index in [2.05, 4.69) is 0 Å². The van der Waals surface area contributed by atoms with Gasteiger partial charge in [0.2, 0.25) is 11.4 Å². The van der Waals surface area contributed by atoms with Gasteiger partial charge < -0.3 is 0 Å². The van der Waals surface area contributed by atoms with Crippen molar-refractivity contribution in [3.63, 3.8) is 0 Å². The van der Waals surface area contributed by atoms with Gasteiger partial charge in [0.1, 0.15) is 0 Å². The Morgan fingerprint density at radius 2 is 1.40 bits per heavy atom. The lowest BCUT2D eigenvalue weighted by molar-refractivity contribution is -0.428. The minimum atomic E-state index is -0.393. The zero-order valence-corrected chi connectivity index (χ0v) is 14.8. The second-order valence-electron chi connectivity index (χ2n) is 5.61. The van der Waals surface area contributed by atoms with E-state index in [1.807, 2.05) is 6.29 Å². The molecule has 0 amide bonds. The number of nitrogens with zero attached hydrogens (tertiary/aromatic N) is 2. The fourth-order valence-corrected chi connectivity index (χ4v) is 2.25. The maximum absolute atomic E-state index is 11.0. The summed E-state index contributed by atoms with van der Waals surface area (Å²) >= 11 is 0. The summed E-state index contributed by atoms with van der Waals surface area (Å²) in [5.74, 6) is 0. The first kappa shape index (κ1) is 22.7. The topological polar surface area (TPSA) is 103 Å². The second-order valence-corrected chi connectivity index (χ2v) is 5.61. The molecule has 7 heteroatoms. The molecule has 0 saturated carbocycles. The van der Waals surface area contributed by atoms with Crippen molar-refractivity contribution in [2.75, 3.05) is 0 Å². The summed E-state index contributed by atoms with van der Waals surface area (Å²) in [7, 11) is 0. The Kier molecular flexibility index (Phi) is 13.8. The van der Waals surface area contributed by atoms with Crippen molar-refractivity contribution in [1.29, 1.82) is 0 Å². The van der Waals surface area contributed by atoms with Crippen LogP contribution >= 0.6 is 0 Å². The molecular weight excluding hydrogens is 324 g/mol. The summed E-state index contributed by atoms with van der Waals surface area (Å²) in [6.45, 7) is 1.73. The Bertz CT molecular complexity index is 510. The van der Waals surface area contributed by atoms with Gasteiger partial charge in [0, 0.05) is 19.3 Å². The van der Waals surface area contributed by atoms with E-state index >= 15 is 0 Å². The summed E-state index contributed by atoms with van der Waals surface area (Å²) in [6, 6.07) is 0. The van der Waals surface area contributed by atoms with Gasteiger partial charge in [-0.25, -0.2) is 0 Å². The molecule has 0 aromatic rings. The van der Waals surface area contributed by atoms with Crippen LogP contribution in [0.4, 0.5) is 0 Å². The van der Waals surface area contributed by atoms with Gasteiger partial charge in [-0.1, -0.05) is 38.3 Å². The van der Waals surface area contributed by atoms with E-state index in [-0.39, 0.29) is 16.3 Å². The molecule has 0 heterocycles. The van der Waals surface area contributed by atoms with Crippen LogP contribution < -0.4 is 0 Å². The number of rotatable bonds is 15. The van der Waals surface area contributed by atoms with Crippen molar-refractivity contribution in [3.05, 3.63) is 55.9 Å². The minimum absolute atomic E-state index is 0.178. The van der Waals surface area contributed by atoms with E-state index < -0.39 is 4.92 Å². The highest BCUT2D eigenvalue weighted by atomic mass is 16.6. The minimum Gasteiger partial charge on any atom is -0.291 e. The summed E-state index contributed by atoms with van der Waals surface area (Å²) < 4.78 is 0. The van der Waals surface area contributed by atoms with E-state index in [1.165, 1.54) is 0 Å². The number of nitro groups is 2. The van der Waals surface area contributed by atoms with Gasteiger partial charge in [0.25, 0.3) is 0 Å². The molecule has 0 spiro atoms. The zero-order chi connectivity index (χ0) is 18.9. The molecule has 0 fully saturated rings. The lowest BCUT2D eigenvalue weighted by atomic mass is 10.1. The first-order valence-electron chi connectivity index (χ1n) is 8.69. The SMILES string of the molecule is CC/C(=C\C/C=C\C/C=C(\CCCCCCC[C]=O)[N+](=O)[O-])[N+](=O)[O-]. The molecule has 0 aromatic carbocycles. The van der Waals surface area contributed by atoms with E-state index in [0.717, 1.165) is 32.1 Å². The van der Waals surface area contributed by atoms with Crippen LogP contribution in [0.3, 0.4) is 0 Å². The molecule has 0 aromatic heterocycles. The van der Waals surface area contributed by atoms with Gasteiger partial charge in [-0.3, -0.25) is 25.0 Å². The van der Waals surface area contributed by atoms with Crippen LogP contribution in [0.15, 0.2) is 35.7 Å². The lowest BCUT2D eigenvalue weighted by Crippen LogP contribution is -1.98. The third-order valence-corrected chi connectivity index (χ3v) is 3.69. The molecule has 0 saturated heterocycles. The molecule has 0 aliphatic carbocycles. The van der Waals surface area contributed by atoms with E-state index in [0.29, 0.717) is 32.1 Å². The average molecular weight is 351 g/mol. The van der Waals surface area contributed by atoms with Crippen LogP contribution in [0.25, 0.3) is 0 Å². The molecule has 139 valence electrons. The molecule has 0 unspecified atom stereocenters. The maximum atomic E-state index is 11.0. The number of hydrogen-bond acceptors (Lipinski definition) is 5. The zero-order valence-electron chi connectivity index (χ0n) is 14.8. The second kappa shape index (κ2) is 15.2. The van der Waals surface area contributed by atoms with E-state index in [9.17, 15) is 25.0 Å². The highest BCUT2D eigenvalue weighted by molar-refractivity contribution is 5.50. The van der Waals surface area contributed by atoms with E-state index in [1.54, 1.807) is 31.2 Å². The molecule has 0 bridgehead atoms. The van der Waals surface area contributed by atoms with Crippen LogP contribution in [-0.4, -0.2) is 16.1 Å². The van der Waals surface area contributed by atoms with Crippen molar-refractivity contribution >= 4 is 6.29 Å². The Balaban J connectivity index is 4.15. The van der Waals surface area contributed by atoms with E-state index in [4.69, 9.17) is 0 Å². The highest BCUT2D eigenvalue weighted by Gasteiger charge is 2.08. The van der Waals surface area contributed by atoms with Crippen molar-refractivity contribution in [3.8, 4) is 0 Å². The van der Waals surface area contributed by atoms with Gasteiger partial charge in [0.15, 0.2) is 6.29 Å². The third-order valence-electron chi connectivity index (χ3n) is 3.69. The maximum Gasteiger partial charge on any atom is 0.242 e. The molecule has 7 nitrogen and oxygen atoms in total. The van der Waals surface area contributed by atoms with Gasteiger partial charge in [-0.15, -0.1) is 0 Å². The summed E-state index contributed by atoms with van der Waals surface area (Å²) in [4.78, 5) is 31.0. The van der Waals surface area contributed by atoms with Gasteiger partial charge in [-0.2, -0.15) is 0 Å². The predicted molar refractivity (Wildman–Crippen MR) is 96.8 cm³/mol. The van der Waals surface area contributed by atoms with Crippen LogP contribution in [0.5, 0.6) is 0 Å². The molecule has 0 aliphatic heterocycles. The average Bonchev–Trinajstić information content (AvgIpc) is 2.57. The Morgan fingerprint density at radius 3 is 1.92 bits per heavy atom. The van der Waals surface area contributed by atoms with Crippen LogP contribution in [0.2, 0.25) is 0 Å². The summed E-state index contributed by atoms with van der Waals surface area (Å²) in [5.41, 5.74) is 0.387. The van der Waals surface area contributed by atoms with Crippen LogP contribution in [0, 0.1) is 20.2 Å². The molecule has 0 aliphatic rings. The largest absolute Gasteiger partial charge is 0.291 e. The fraction of sp³-hybridized carbons (Fsp3) is 0.611.